The fourth-order valence-corrected chi connectivity index (χ4v) is 15.9. The summed E-state index contributed by atoms with van der Waals surface area (Å²) in [6, 6.07) is 91.0. The number of nitriles is 1. The molecule has 0 saturated carbocycles. The van der Waals surface area contributed by atoms with Crippen LogP contribution in [0.2, 0.25) is 0 Å². The molecule has 0 atom stereocenters. The molecule has 3 aromatic heterocycles. The van der Waals surface area contributed by atoms with Crippen molar-refractivity contribution in [1.82, 2.24) is 13.7 Å². The molecule has 0 N–H and O–H groups in total. The molecule has 0 radical (unpaired) electrons. The molecule has 66 heavy (non-hydrogen) atoms. The molecule has 0 amide bonds. The van der Waals surface area contributed by atoms with E-state index in [2.05, 4.69) is 250 Å². The van der Waals surface area contributed by atoms with Crippen LogP contribution in [0.3, 0.4) is 0 Å². The average Bonchev–Trinajstić information content (AvgIpc) is 4.03. The summed E-state index contributed by atoms with van der Waals surface area (Å²) in [6.45, 7) is 0. The molecule has 0 spiro atoms. The van der Waals surface area contributed by atoms with E-state index < -0.39 is 8.07 Å². The Balaban J connectivity index is 1.06. The third-order valence-corrected chi connectivity index (χ3v) is 18.6. The summed E-state index contributed by atoms with van der Waals surface area (Å²) in [6.07, 6.45) is 0. The molecule has 0 aliphatic carbocycles. The van der Waals surface area contributed by atoms with Crippen molar-refractivity contribution in [3.05, 3.63) is 248 Å². The third kappa shape index (κ3) is 5.49. The first kappa shape index (κ1) is 37.8. The van der Waals surface area contributed by atoms with Crippen LogP contribution >= 0.6 is 0 Å². The van der Waals surface area contributed by atoms with E-state index in [0.717, 1.165) is 55.4 Å². The maximum absolute atomic E-state index is 9.87. The molecule has 4 nitrogen and oxygen atoms in total. The summed E-state index contributed by atoms with van der Waals surface area (Å²) < 4.78 is 7.29. The first-order chi connectivity index (χ1) is 32.7. The van der Waals surface area contributed by atoms with E-state index in [1.165, 1.54) is 47.8 Å². The van der Waals surface area contributed by atoms with Crippen molar-refractivity contribution < 1.29 is 0 Å². The van der Waals surface area contributed by atoms with Gasteiger partial charge in [-0.25, -0.2) is 0 Å². The molecule has 308 valence electrons. The summed E-state index contributed by atoms with van der Waals surface area (Å²) in [4.78, 5) is 0. The van der Waals surface area contributed by atoms with Crippen LogP contribution in [0, 0.1) is 11.3 Å². The van der Waals surface area contributed by atoms with Crippen molar-refractivity contribution in [2.45, 2.75) is 0 Å². The smallest absolute Gasteiger partial charge is 0.179 e. The molecule has 10 aromatic carbocycles. The summed E-state index contributed by atoms with van der Waals surface area (Å²) in [5.74, 6) is 0. The Labute approximate surface area is 382 Å². The van der Waals surface area contributed by atoms with Crippen molar-refractivity contribution in [3.8, 4) is 23.1 Å². The van der Waals surface area contributed by atoms with E-state index in [1.54, 1.807) is 0 Å². The van der Waals surface area contributed by atoms with Crippen LogP contribution in [-0.4, -0.2) is 21.8 Å². The van der Waals surface area contributed by atoms with Gasteiger partial charge in [-0.1, -0.05) is 170 Å². The van der Waals surface area contributed by atoms with E-state index in [1.807, 2.05) is 12.1 Å². The zero-order valence-electron chi connectivity index (χ0n) is 35.9. The fourth-order valence-electron chi connectivity index (χ4n) is 11.1. The van der Waals surface area contributed by atoms with Gasteiger partial charge in [0.2, 0.25) is 0 Å². The molecular formula is C61H40N4Si. The van der Waals surface area contributed by atoms with Gasteiger partial charge >= 0.3 is 0 Å². The van der Waals surface area contributed by atoms with Crippen molar-refractivity contribution in [2.75, 3.05) is 0 Å². The minimum atomic E-state index is -2.80. The topological polar surface area (TPSA) is 38.6 Å². The monoisotopic (exact) mass is 856 g/mol. The van der Waals surface area contributed by atoms with E-state index in [4.69, 9.17) is 0 Å². The second-order valence-corrected chi connectivity index (χ2v) is 21.0. The molecule has 13 aromatic rings. The van der Waals surface area contributed by atoms with Crippen LogP contribution in [0.1, 0.15) is 5.56 Å². The van der Waals surface area contributed by atoms with Crippen LogP contribution in [0.15, 0.2) is 243 Å². The van der Waals surface area contributed by atoms with Gasteiger partial charge in [0.25, 0.3) is 0 Å². The van der Waals surface area contributed by atoms with Crippen LogP contribution < -0.4 is 20.7 Å². The van der Waals surface area contributed by atoms with Gasteiger partial charge in [0.15, 0.2) is 8.07 Å². The predicted octanol–water partition coefficient (Wildman–Crippen LogP) is 12.2. The van der Waals surface area contributed by atoms with Gasteiger partial charge in [0, 0.05) is 43.7 Å². The van der Waals surface area contributed by atoms with Crippen LogP contribution in [-0.2, 0) is 0 Å². The number of para-hydroxylation sites is 3. The van der Waals surface area contributed by atoms with Crippen molar-refractivity contribution in [1.29, 1.82) is 5.26 Å². The van der Waals surface area contributed by atoms with Gasteiger partial charge in [0.05, 0.1) is 50.4 Å². The summed E-state index contributed by atoms with van der Waals surface area (Å²) in [5.41, 5.74) is 10.8. The number of hydrogen-bond donors (Lipinski definition) is 0. The molecule has 5 heteroatoms. The number of hydrogen-bond acceptors (Lipinski definition) is 1. The van der Waals surface area contributed by atoms with Crippen LogP contribution in [0.5, 0.6) is 0 Å². The molecule has 0 aliphatic heterocycles. The SMILES string of the molecule is N#Cc1ccc2c(c1)c1ccccc1n2-c1cccc2c1c1ccccc1n2-c1ccc2c3ccccc3n(-c3cccc([Si](c4ccccc4)(c4ccccc4)c4ccccc4)c3)c2c1. The first-order valence-electron chi connectivity index (χ1n) is 22.5. The molecule has 3 heterocycles. The number of fused-ring (bicyclic) bond motifs is 9. The van der Waals surface area contributed by atoms with Gasteiger partial charge < -0.3 is 13.7 Å². The van der Waals surface area contributed by atoms with Crippen molar-refractivity contribution in [3.63, 3.8) is 0 Å². The van der Waals surface area contributed by atoms with Gasteiger partial charge in [-0.15, -0.1) is 0 Å². The highest BCUT2D eigenvalue weighted by Crippen LogP contribution is 2.41. The Bertz CT molecular complexity index is 3960. The summed E-state index contributed by atoms with van der Waals surface area (Å²) in [7, 11) is -2.80. The number of aromatic nitrogens is 3. The second-order valence-electron chi connectivity index (χ2n) is 17.2. The predicted molar refractivity (Wildman–Crippen MR) is 278 cm³/mol. The Morgan fingerprint density at radius 1 is 0.303 bits per heavy atom. The molecule has 13 rings (SSSR count). The highest BCUT2D eigenvalue weighted by Gasteiger charge is 2.41. The summed E-state index contributed by atoms with van der Waals surface area (Å²) >= 11 is 0. The zero-order chi connectivity index (χ0) is 43.8. The van der Waals surface area contributed by atoms with Crippen LogP contribution in [0.4, 0.5) is 0 Å². The minimum Gasteiger partial charge on any atom is -0.309 e. The third-order valence-electron chi connectivity index (χ3n) is 13.8. The van der Waals surface area contributed by atoms with E-state index >= 15 is 0 Å². The molecule has 0 bridgehead atoms. The zero-order valence-corrected chi connectivity index (χ0v) is 36.9. The average molecular weight is 857 g/mol. The Kier molecular flexibility index (Phi) is 8.57. The maximum atomic E-state index is 9.87. The lowest BCUT2D eigenvalue weighted by Crippen LogP contribution is -2.74. The Morgan fingerprint density at radius 3 is 1.42 bits per heavy atom. The lowest BCUT2D eigenvalue weighted by molar-refractivity contribution is 1.15. The van der Waals surface area contributed by atoms with Crippen LogP contribution in [0.25, 0.3) is 82.5 Å². The second kappa shape index (κ2) is 15.0. The van der Waals surface area contributed by atoms with Crippen molar-refractivity contribution >= 4 is 94.2 Å². The Morgan fingerprint density at radius 2 is 0.773 bits per heavy atom. The fraction of sp³-hybridized carbons (Fsp3) is 0. The van der Waals surface area contributed by atoms with E-state index in [0.29, 0.717) is 5.56 Å². The normalized spacial score (nSPS) is 11.9. The highest BCUT2D eigenvalue weighted by molar-refractivity contribution is 7.19. The first-order valence-corrected chi connectivity index (χ1v) is 24.5. The highest BCUT2D eigenvalue weighted by atomic mass is 28.3. The van der Waals surface area contributed by atoms with Gasteiger partial charge in [-0.2, -0.15) is 5.26 Å². The van der Waals surface area contributed by atoms with E-state index in [9.17, 15) is 5.26 Å². The lowest BCUT2D eigenvalue weighted by Gasteiger charge is -2.34. The summed E-state index contributed by atoms with van der Waals surface area (Å²) in [5, 5.41) is 22.2. The van der Waals surface area contributed by atoms with Gasteiger partial charge in [-0.3, -0.25) is 0 Å². The largest absolute Gasteiger partial charge is 0.309 e. The Hall–Kier alpha value is -8.69. The minimum absolute atomic E-state index is 0.657. The molecule has 0 aliphatic rings. The quantitative estimate of drug-likeness (QED) is 0.116. The molecule has 0 fully saturated rings. The molecule has 0 unspecified atom stereocenters. The lowest BCUT2D eigenvalue weighted by atomic mass is 10.1. The van der Waals surface area contributed by atoms with Gasteiger partial charge in [-0.05, 0) is 93.5 Å². The number of benzene rings is 10. The molecule has 0 saturated heterocycles. The standard InChI is InChI=1S/C61H40N4Si/c62-41-42-34-37-57-53(38-42)50-27-11-14-30-55(50)65(57)59-33-17-32-58-61(59)52-28-12-15-31-56(52)63(58)44-35-36-51-49-26-10-13-29-54(49)64(60(51)40-44)43-18-16-25-48(39-43)66(45-19-4-1-5-20-45,46-21-6-2-7-22-46)47-23-8-3-9-24-47/h1-40H. The van der Waals surface area contributed by atoms with Crippen molar-refractivity contribution in [2.24, 2.45) is 0 Å². The maximum Gasteiger partial charge on any atom is 0.179 e. The molecular weight excluding hydrogens is 817 g/mol. The number of rotatable bonds is 7. The van der Waals surface area contributed by atoms with E-state index in [-0.39, 0.29) is 0 Å². The van der Waals surface area contributed by atoms with Gasteiger partial charge in [0.1, 0.15) is 0 Å². The number of nitrogens with zero attached hydrogens (tertiary/aromatic N) is 4.